The molecule has 1 N–H and O–H groups in total. The average molecular weight is 255 g/mol. The number of aryl methyl sites for hydroxylation is 1. The second-order valence-corrected chi connectivity index (χ2v) is 5.05. The lowest BCUT2D eigenvalue weighted by atomic mass is 10.0. The van der Waals surface area contributed by atoms with Gasteiger partial charge in [-0.25, -0.2) is 9.97 Å². The highest BCUT2D eigenvalue weighted by Crippen LogP contribution is 2.14. The monoisotopic (exact) mass is 254 g/mol. The van der Waals surface area contributed by atoms with E-state index in [0.717, 1.165) is 18.8 Å². The Balaban J connectivity index is 2.00. The minimum Gasteiger partial charge on any atom is -0.342 e. The third-order valence-corrected chi connectivity index (χ3v) is 3.25. The zero-order chi connectivity index (χ0) is 12.3. The fourth-order valence-corrected chi connectivity index (χ4v) is 2.41. The maximum absolute atomic E-state index is 5.94. The van der Waals surface area contributed by atoms with Crippen LogP contribution in [0.5, 0.6) is 0 Å². The lowest BCUT2D eigenvalue weighted by Gasteiger charge is -2.28. The van der Waals surface area contributed by atoms with Crippen LogP contribution in [-0.2, 0) is 0 Å². The molecule has 0 bridgehead atoms. The third-order valence-electron chi connectivity index (χ3n) is 3.06. The van der Waals surface area contributed by atoms with Gasteiger partial charge < -0.3 is 10.2 Å². The highest BCUT2D eigenvalue weighted by molar-refractivity contribution is 6.29. The Morgan fingerprint density at radius 2 is 2.29 bits per heavy atom. The second-order valence-electron chi connectivity index (χ2n) is 4.66. The first-order chi connectivity index (χ1) is 8.15. The number of nitrogens with one attached hydrogen (secondary N) is 1. The van der Waals surface area contributed by atoms with Gasteiger partial charge in [-0.2, -0.15) is 0 Å². The smallest absolute Gasteiger partial charge is 0.226 e. The number of anilines is 1. The molecule has 2 rings (SSSR count). The Hall–Kier alpha value is -0.870. The molecule has 1 atom stereocenters. The molecule has 1 aliphatic heterocycles. The Labute approximate surface area is 107 Å². The van der Waals surface area contributed by atoms with Crippen LogP contribution in [0.4, 0.5) is 5.95 Å². The van der Waals surface area contributed by atoms with E-state index in [1.807, 2.05) is 14.0 Å². The molecule has 1 aromatic rings. The minimum atomic E-state index is 0.510. The van der Waals surface area contributed by atoms with Gasteiger partial charge in [0.2, 0.25) is 5.95 Å². The highest BCUT2D eigenvalue weighted by Gasteiger charge is 2.16. The van der Waals surface area contributed by atoms with Gasteiger partial charge in [-0.1, -0.05) is 18.0 Å². The van der Waals surface area contributed by atoms with Crippen molar-refractivity contribution in [1.29, 1.82) is 0 Å². The van der Waals surface area contributed by atoms with Gasteiger partial charge in [0, 0.05) is 25.3 Å². The summed E-state index contributed by atoms with van der Waals surface area (Å²) in [6.45, 7) is 3.98. The topological polar surface area (TPSA) is 41.1 Å². The van der Waals surface area contributed by atoms with Crippen molar-refractivity contribution in [1.82, 2.24) is 15.3 Å². The van der Waals surface area contributed by atoms with E-state index in [2.05, 4.69) is 20.2 Å². The molecule has 1 aliphatic rings. The summed E-state index contributed by atoms with van der Waals surface area (Å²) in [7, 11) is 2.02. The van der Waals surface area contributed by atoms with Crippen molar-refractivity contribution in [3.05, 3.63) is 16.9 Å². The number of rotatable bonds is 3. The van der Waals surface area contributed by atoms with E-state index in [4.69, 9.17) is 11.6 Å². The van der Waals surface area contributed by atoms with Gasteiger partial charge in [-0.15, -0.1) is 0 Å². The summed E-state index contributed by atoms with van der Waals surface area (Å²) in [6.07, 6.45) is 3.82. The molecule has 1 unspecified atom stereocenters. The van der Waals surface area contributed by atoms with E-state index in [1.54, 1.807) is 6.07 Å². The number of nitrogens with zero attached hydrogens (tertiary/aromatic N) is 3. The quantitative estimate of drug-likeness (QED) is 0.838. The van der Waals surface area contributed by atoms with Crippen molar-refractivity contribution in [2.24, 2.45) is 0 Å². The first-order valence-corrected chi connectivity index (χ1v) is 6.48. The Morgan fingerprint density at radius 1 is 1.47 bits per heavy atom. The SMILES string of the molecule is Cc1cc(Cl)nc(N(C)CC2CCCCN2)n1. The maximum Gasteiger partial charge on any atom is 0.226 e. The highest BCUT2D eigenvalue weighted by atomic mass is 35.5. The number of piperidine rings is 1. The second kappa shape index (κ2) is 5.65. The molecular formula is C12H19ClN4. The summed E-state index contributed by atoms with van der Waals surface area (Å²) in [5, 5.41) is 4.03. The summed E-state index contributed by atoms with van der Waals surface area (Å²) >= 11 is 5.94. The van der Waals surface area contributed by atoms with Gasteiger partial charge in [-0.05, 0) is 32.4 Å². The van der Waals surface area contributed by atoms with Gasteiger partial charge in [0.25, 0.3) is 0 Å². The number of halogens is 1. The summed E-state index contributed by atoms with van der Waals surface area (Å²) < 4.78 is 0. The Kier molecular flexibility index (Phi) is 4.18. The van der Waals surface area contributed by atoms with Crippen molar-refractivity contribution >= 4 is 17.5 Å². The van der Waals surface area contributed by atoms with Gasteiger partial charge in [0.05, 0.1) is 0 Å². The van der Waals surface area contributed by atoms with Crippen LogP contribution in [0, 0.1) is 6.92 Å². The van der Waals surface area contributed by atoms with Crippen LogP contribution in [0.15, 0.2) is 6.07 Å². The van der Waals surface area contributed by atoms with Crippen LogP contribution in [0.25, 0.3) is 0 Å². The zero-order valence-electron chi connectivity index (χ0n) is 10.4. The molecule has 0 aliphatic carbocycles. The molecule has 0 amide bonds. The normalized spacial score (nSPS) is 20.3. The summed E-state index contributed by atoms with van der Waals surface area (Å²) in [4.78, 5) is 10.7. The maximum atomic E-state index is 5.94. The molecule has 2 heterocycles. The molecular weight excluding hydrogens is 236 g/mol. The predicted molar refractivity (Wildman–Crippen MR) is 70.7 cm³/mol. The largest absolute Gasteiger partial charge is 0.342 e. The van der Waals surface area contributed by atoms with Crippen molar-refractivity contribution in [2.45, 2.75) is 32.2 Å². The average Bonchev–Trinajstić information content (AvgIpc) is 2.29. The first-order valence-electron chi connectivity index (χ1n) is 6.11. The minimum absolute atomic E-state index is 0.510. The lowest BCUT2D eigenvalue weighted by molar-refractivity contribution is 0.402. The fourth-order valence-electron chi connectivity index (χ4n) is 2.18. The fraction of sp³-hybridized carbons (Fsp3) is 0.667. The first kappa shape index (κ1) is 12.6. The molecule has 5 heteroatoms. The lowest BCUT2D eigenvalue weighted by Crippen LogP contribution is -2.42. The summed E-state index contributed by atoms with van der Waals surface area (Å²) in [6, 6.07) is 2.31. The third kappa shape index (κ3) is 3.54. The Bertz CT molecular complexity index is 357. The predicted octanol–water partition coefficient (Wildman–Crippen LogP) is 2.02. The van der Waals surface area contributed by atoms with Crippen molar-refractivity contribution in [2.75, 3.05) is 25.0 Å². The van der Waals surface area contributed by atoms with Crippen molar-refractivity contribution in [3.8, 4) is 0 Å². The van der Waals surface area contributed by atoms with Crippen LogP contribution in [0.3, 0.4) is 0 Å². The molecule has 94 valence electrons. The molecule has 1 fully saturated rings. The van der Waals surface area contributed by atoms with Gasteiger partial charge in [-0.3, -0.25) is 0 Å². The number of hydrogen-bond donors (Lipinski definition) is 1. The molecule has 1 aromatic heterocycles. The van der Waals surface area contributed by atoms with E-state index in [0.29, 0.717) is 17.1 Å². The van der Waals surface area contributed by atoms with E-state index in [1.165, 1.54) is 19.3 Å². The zero-order valence-corrected chi connectivity index (χ0v) is 11.2. The van der Waals surface area contributed by atoms with Gasteiger partial charge in [0.1, 0.15) is 5.15 Å². The molecule has 0 spiro atoms. The number of aromatic nitrogens is 2. The molecule has 1 saturated heterocycles. The molecule has 4 nitrogen and oxygen atoms in total. The molecule has 17 heavy (non-hydrogen) atoms. The number of hydrogen-bond acceptors (Lipinski definition) is 4. The standard InChI is InChI=1S/C12H19ClN4/c1-9-7-11(13)16-12(15-9)17(2)8-10-5-3-4-6-14-10/h7,10,14H,3-6,8H2,1-2H3. The molecule has 0 aromatic carbocycles. The molecule has 0 radical (unpaired) electrons. The van der Waals surface area contributed by atoms with E-state index in [-0.39, 0.29) is 0 Å². The summed E-state index contributed by atoms with van der Waals surface area (Å²) in [5.41, 5.74) is 0.906. The van der Waals surface area contributed by atoms with Crippen LogP contribution < -0.4 is 10.2 Å². The number of likely N-dealkylation sites (N-methyl/N-ethyl adjacent to an activating group) is 1. The van der Waals surface area contributed by atoms with Gasteiger partial charge in [0.15, 0.2) is 0 Å². The van der Waals surface area contributed by atoms with Crippen LogP contribution in [0.1, 0.15) is 25.0 Å². The van der Waals surface area contributed by atoms with Crippen molar-refractivity contribution < 1.29 is 0 Å². The van der Waals surface area contributed by atoms with E-state index >= 15 is 0 Å². The van der Waals surface area contributed by atoms with Crippen LogP contribution >= 0.6 is 11.6 Å². The van der Waals surface area contributed by atoms with E-state index < -0.39 is 0 Å². The summed E-state index contributed by atoms with van der Waals surface area (Å²) in [5.74, 6) is 0.711. The molecule has 0 saturated carbocycles. The van der Waals surface area contributed by atoms with E-state index in [9.17, 15) is 0 Å². The van der Waals surface area contributed by atoms with Crippen LogP contribution in [0.2, 0.25) is 5.15 Å². The van der Waals surface area contributed by atoms with Crippen LogP contribution in [-0.4, -0.2) is 36.1 Å². The van der Waals surface area contributed by atoms with Gasteiger partial charge >= 0.3 is 0 Å². The Morgan fingerprint density at radius 3 is 2.94 bits per heavy atom. The van der Waals surface area contributed by atoms with Crippen molar-refractivity contribution in [3.63, 3.8) is 0 Å².